The zero-order chi connectivity index (χ0) is 13.9. The number of hydrogen-bond acceptors (Lipinski definition) is 3. The SMILES string of the molecule is C=CCS(=O)(=O)C(C)C(=O)N1CC(C)CC(C)C1. The van der Waals surface area contributed by atoms with Crippen molar-refractivity contribution < 1.29 is 13.2 Å². The Bertz CT molecular complexity index is 406. The van der Waals surface area contributed by atoms with Crippen LogP contribution in [0.5, 0.6) is 0 Å². The first-order chi connectivity index (χ1) is 8.27. The Morgan fingerprint density at radius 3 is 2.33 bits per heavy atom. The minimum absolute atomic E-state index is 0.140. The monoisotopic (exact) mass is 273 g/mol. The lowest BCUT2D eigenvalue weighted by Gasteiger charge is -2.36. The number of amides is 1. The highest BCUT2D eigenvalue weighted by atomic mass is 32.2. The number of carbonyl (C=O) groups excluding carboxylic acids is 1. The van der Waals surface area contributed by atoms with E-state index in [-0.39, 0.29) is 11.7 Å². The van der Waals surface area contributed by atoms with Crippen LogP contribution in [0.15, 0.2) is 12.7 Å². The lowest BCUT2D eigenvalue weighted by atomic mass is 9.92. The second kappa shape index (κ2) is 5.87. The average molecular weight is 273 g/mol. The Morgan fingerprint density at radius 2 is 1.89 bits per heavy atom. The van der Waals surface area contributed by atoms with Crippen molar-refractivity contribution in [3.63, 3.8) is 0 Å². The van der Waals surface area contributed by atoms with Gasteiger partial charge in [0, 0.05) is 13.1 Å². The van der Waals surface area contributed by atoms with Gasteiger partial charge in [-0.3, -0.25) is 4.79 Å². The first-order valence-electron chi connectivity index (χ1n) is 6.39. The van der Waals surface area contributed by atoms with Crippen LogP contribution in [0.3, 0.4) is 0 Å². The summed E-state index contributed by atoms with van der Waals surface area (Å²) in [6.45, 7) is 10.4. The molecule has 0 aromatic rings. The quantitative estimate of drug-likeness (QED) is 0.729. The smallest absolute Gasteiger partial charge is 0.240 e. The van der Waals surface area contributed by atoms with Gasteiger partial charge in [-0.25, -0.2) is 8.42 Å². The second-order valence-electron chi connectivity index (χ2n) is 5.45. The molecule has 0 saturated carbocycles. The molecule has 0 aromatic carbocycles. The van der Waals surface area contributed by atoms with E-state index in [1.807, 2.05) is 0 Å². The van der Waals surface area contributed by atoms with Crippen molar-refractivity contribution in [1.29, 1.82) is 0 Å². The van der Waals surface area contributed by atoms with Crippen LogP contribution >= 0.6 is 0 Å². The molecule has 4 nitrogen and oxygen atoms in total. The molecule has 0 aliphatic carbocycles. The Morgan fingerprint density at radius 1 is 1.39 bits per heavy atom. The average Bonchev–Trinajstić information content (AvgIpc) is 2.25. The summed E-state index contributed by atoms with van der Waals surface area (Å²) in [6.07, 6.45) is 2.43. The minimum Gasteiger partial charge on any atom is -0.341 e. The molecule has 5 heteroatoms. The van der Waals surface area contributed by atoms with E-state index in [4.69, 9.17) is 0 Å². The summed E-state index contributed by atoms with van der Waals surface area (Å²) in [5.74, 6) is 0.466. The molecule has 0 bridgehead atoms. The van der Waals surface area contributed by atoms with Gasteiger partial charge in [-0.05, 0) is 25.2 Å². The van der Waals surface area contributed by atoms with E-state index in [9.17, 15) is 13.2 Å². The van der Waals surface area contributed by atoms with Crippen molar-refractivity contribution in [2.24, 2.45) is 11.8 Å². The fraction of sp³-hybridized carbons (Fsp3) is 0.769. The zero-order valence-corrected chi connectivity index (χ0v) is 12.2. The maximum absolute atomic E-state index is 12.2. The van der Waals surface area contributed by atoms with Crippen molar-refractivity contribution in [1.82, 2.24) is 4.90 Å². The van der Waals surface area contributed by atoms with Gasteiger partial charge in [-0.1, -0.05) is 19.9 Å². The van der Waals surface area contributed by atoms with Gasteiger partial charge in [-0.2, -0.15) is 0 Å². The zero-order valence-electron chi connectivity index (χ0n) is 11.4. The molecule has 1 amide bonds. The van der Waals surface area contributed by atoms with Crippen LogP contribution in [0.1, 0.15) is 27.2 Å². The summed E-state index contributed by atoms with van der Waals surface area (Å²) in [5.41, 5.74) is 0. The molecule has 0 aromatic heterocycles. The molecule has 1 heterocycles. The van der Waals surface area contributed by atoms with Crippen LogP contribution < -0.4 is 0 Å². The Labute approximate surface area is 110 Å². The molecule has 0 radical (unpaired) electrons. The maximum Gasteiger partial charge on any atom is 0.240 e. The van der Waals surface area contributed by atoms with E-state index in [0.29, 0.717) is 24.9 Å². The molecule has 0 spiro atoms. The first-order valence-corrected chi connectivity index (χ1v) is 8.10. The summed E-state index contributed by atoms with van der Waals surface area (Å²) >= 11 is 0. The number of nitrogens with zero attached hydrogens (tertiary/aromatic N) is 1. The largest absolute Gasteiger partial charge is 0.341 e. The molecular weight excluding hydrogens is 250 g/mol. The van der Waals surface area contributed by atoms with Crippen molar-refractivity contribution >= 4 is 15.7 Å². The summed E-state index contributed by atoms with van der Waals surface area (Å²) in [4.78, 5) is 13.9. The van der Waals surface area contributed by atoms with E-state index < -0.39 is 15.1 Å². The number of hydrogen-bond donors (Lipinski definition) is 0. The highest BCUT2D eigenvalue weighted by molar-refractivity contribution is 7.92. The van der Waals surface area contributed by atoms with Crippen molar-refractivity contribution in [3.05, 3.63) is 12.7 Å². The first kappa shape index (κ1) is 15.2. The molecule has 0 N–H and O–H groups in total. The predicted octanol–water partition coefficient (Wildman–Crippen LogP) is 1.48. The van der Waals surface area contributed by atoms with Gasteiger partial charge in [0.1, 0.15) is 5.25 Å². The van der Waals surface area contributed by atoms with E-state index in [2.05, 4.69) is 20.4 Å². The molecule has 1 fully saturated rings. The van der Waals surface area contributed by atoms with Gasteiger partial charge in [0.05, 0.1) is 5.75 Å². The van der Waals surface area contributed by atoms with Crippen molar-refractivity contribution in [2.75, 3.05) is 18.8 Å². The summed E-state index contributed by atoms with van der Waals surface area (Å²) in [6, 6.07) is 0. The number of piperidine rings is 1. The van der Waals surface area contributed by atoms with Crippen LogP contribution in [0, 0.1) is 11.8 Å². The van der Waals surface area contributed by atoms with Crippen LogP contribution in [-0.2, 0) is 14.6 Å². The van der Waals surface area contributed by atoms with Crippen molar-refractivity contribution in [2.45, 2.75) is 32.4 Å². The topological polar surface area (TPSA) is 54.5 Å². The molecule has 1 rings (SSSR count). The fourth-order valence-electron chi connectivity index (χ4n) is 2.56. The molecule has 104 valence electrons. The fourth-order valence-corrected chi connectivity index (χ4v) is 3.64. The van der Waals surface area contributed by atoms with E-state index in [0.717, 1.165) is 6.42 Å². The summed E-state index contributed by atoms with van der Waals surface area (Å²) in [7, 11) is -3.40. The van der Waals surface area contributed by atoms with E-state index >= 15 is 0 Å². The number of sulfone groups is 1. The Hall–Kier alpha value is -0.840. The second-order valence-corrected chi connectivity index (χ2v) is 7.82. The highest BCUT2D eigenvalue weighted by Gasteiger charge is 2.33. The highest BCUT2D eigenvalue weighted by Crippen LogP contribution is 2.22. The number of carbonyl (C=O) groups is 1. The normalized spacial score (nSPS) is 26.7. The molecular formula is C13H23NO3S. The molecule has 1 aliphatic heterocycles. The van der Waals surface area contributed by atoms with Gasteiger partial charge in [0.25, 0.3) is 0 Å². The Balaban J connectivity index is 2.77. The molecule has 1 aliphatic rings. The maximum atomic E-state index is 12.2. The lowest BCUT2D eigenvalue weighted by Crippen LogP contribution is -2.48. The van der Waals surface area contributed by atoms with Gasteiger partial charge in [0.15, 0.2) is 9.84 Å². The van der Waals surface area contributed by atoms with Gasteiger partial charge in [-0.15, -0.1) is 6.58 Å². The lowest BCUT2D eigenvalue weighted by molar-refractivity contribution is -0.133. The summed E-state index contributed by atoms with van der Waals surface area (Å²) in [5, 5.41) is -0.965. The minimum atomic E-state index is -3.40. The van der Waals surface area contributed by atoms with E-state index in [1.165, 1.54) is 13.0 Å². The molecule has 3 unspecified atom stereocenters. The van der Waals surface area contributed by atoms with E-state index in [1.54, 1.807) is 4.90 Å². The predicted molar refractivity (Wildman–Crippen MR) is 73.0 cm³/mol. The van der Waals surface area contributed by atoms with Crippen LogP contribution in [0.4, 0.5) is 0 Å². The van der Waals surface area contributed by atoms with Gasteiger partial charge >= 0.3 is 0 Å². The van der Waals surface area contributed by atoms with Crippen LogP contribution in [0.2, 0.25) is 0 Å². The van der Waals surface area contributed by atoms with Gasteiger partial charge in [0.2, 0.25) is 5.91 Å². The Kier molecular flexibility index (Phi) is 4.96. The third-order valence-electron chi connectivity index (χ3n) is 3.42. The van der Waals surface area contributed by atoms with Crippen molar-refractivity contribution in [3.8, 4) is 0 Å². The standard InChI is InChI=1S/C13H23NO3S/c1-5-6-18(16,17)12(4)13(15)14-8-10(2)7-11(3)9-14/h5,10-12H,1,6-9H2,2-4H3. The van der Waals surface area contributed by atoms with Gasteiger partial charge < -0.3 is 4.90 Å². The molecule has 1 saturated heterocycles. The molecule has 3 atom stereocenters. The summed E-state index contributed by atoms with van der Waals surface area (Å²) < 4.78 is 23.7. The number of likely N-dealkylation sites (tertiary alicyclic amines) is 1. The van der Waals surface area contributed by atoms with Crippen LogP contribution in [0.25, 0.3) is 0 Å². The third-order valence-corrected chi connectivity index (χ3v) is 5.40. The molecule has 18 heavy (non-hydrogen) atoms. The number of rotatable bonds is 4. The van der Waals surface area contributed by atoms with Crippen LogP contribution in [-0.4, -0.2) is 43.3 Å². The third kappa shape index (κ3) is 3.57.